The molecule has 0 bridgehead atoms. The molecule has 2 aromatic rings. The van der Waals surface area contributed by atoms with E-state index < -0.39 is 0 Å². The fraction of sp³-hybridized carbons (Fsp3) is 0.200. The lowest BCUT2D eigenvalue weighted by Gasteiger charge is -2.11. The first kappa shape index (κ1) is 13.7. The molecular weight excluding hydrogens is 254 g/mol. The van der Waals surface area contributed by atoms with E-state index in [0.29, 0.717) is 24.6 Å². The largest absolute Gasteiger partial charge is 0.492 e. The van der Waals surface area contributed by atoms with Crippen molar-refractivity contribution in [1.29, 1.82) is 5.26 Å². The number of hydrogen-bond acceptors (Lipinski definition) is 4. The van der Waals surface area contributed by atoms with Gasteiger partial charge in [0.05, 0.1) is 6.54 Å². The molecule has 0 saturated heterocycles. The summed E-state index contributed by atoms with van der Waals surface area (Å²) in [6.45, 7) is 2.57. The summed E-state index contributed by atoms with van der Waals surface area (Å²) in [6.07, 6.45) is 0. The van der Waals surface area contributed by atoms with Crippen LogP contribution in [0.3, 0.4) is 0 Å². The Labute approximate surface area is 116 Å². The number of nitrogens with zero attached hydrogens (tertiary/aromatic N) is 2. The lowest BCUT2D eigenvalue weighted by Crippen LogP contribution is -2.26. The van der Waals surface area contributed by atoms with E-state index in [4.69, 9.17) is 15.7 Å². The summed E-state index contributed by atoms with van der Waals surface area (Å²) in [5.74, 6) is 0.696. The molecule has 0 spiro atoms. The Balaban J connectivity index is 2.06. The first-order chi connectivity index (χ1) is 9.61. The lowest BCUT2D eigenvalue weighted by molar-refractivity contribution is 0.295. The van der Waals surface area contributed by atoms with Gasteiger partial charge in [0, 0.05) is 11.4 Å². The number of aromatic nitrogens is 1. The molecule has 0 aliphatic heterocycles. The van der Waals surface area contributed by atoms with E-state index in [2.05, 4.69) is 0 Å². The minimum Gasteiger partial charge on any atom is -0.492 e. The van der Waals surface area contributed by atoms with Gasteiger partial charge in [0.15, 0.2) is 0 Å². The second-order valence-corrected chi connectivity index (χ2v) is 4.37. The summed E-state index contributed by atoms with van der Waals surface area (Å²) >= 11 is 0. The quantitative estimate of drug-likeness (QED) is 0.856. The highest BCUT2D eigenvalue weighted by molar-refractivity contribution is 5.41. The Morgan fingerprint density at radius 2 is 1.95 bits per heavy atom. The van der Waals surface area contributed by atoms with Crippen molar-refractivity contribution in [3.05, 3.63) is 58.0 Å². The molecule has 0 fully saturated rings. The van der Waals surface area contributed by atoms with E-state index in [1.54, 1.807) is 30.3 Å². The van der Waals surface area contributed by atoms with Crippen LogP contribution in [0.15, 0.2) is 41.2 Å². The summed E-state index contributed by atoms with van der Waals surface area (Å²) in [5.41, 5.74) is 6.92. The Kier molecular flexibility index (Phi) is 4.06. The number of pyridine rings is 1. The van der Waals surface area contributed by atoms with Crippen molar-refractivity contribution < 1.29 is 4.74 Å². The van der Waals surface area contributed by atoms with Gasteiger partial charge in [-0.1, -0.05) is 0 Å². The van der Waals surface area contributed by atoms with Crippen LogP contribution in [0.1, 0.15) is 11.3 Å². The molecule has 1 aromatic carbocycles. The van der Waals surface area contributed by atoms with Crippen molar-refractivity contribution in [2.24, 2.45) is 0 Å². The monoisotopic (exact) mass is 269 g/mol. The molecular formula is C15H15N3O2. The van der Waals surface area contributed by atoms with E-state index in [1.165, 1.54) is 10.6 Å². The topological polar surface area (TPSA) is 81.0 Å². The van der Waals surface area contributed by atoms with Crippen LogP contribution in [0.4, 0.5) is 5.69 Å². The number of nitrogen functional groups attached to an aromatic ring is 1. The fourth-order valence-corrected chi connectivity index (χ4v) is 1.85. The maximum absolute atomic E-state index is 12.0. The van der Waals surface area contributed by atoms with Gasteiger partial charge >= 0.3 is 0 Å². The van der Waals surface area contributed by atoms with Crippen molar-refractivity contribution in [3.63, 3.8) is 0 Å². The molecule has 5 heteroatoms. The molecule has 0 aliphatic carbocycles. The number of hydrogen-bond donors (Lipinski definition) is 1. The van der Waals surface area contributed by atoms with Gasteiger partial charge in [0.25, 0.3) is 5.56 Å². The first-order valence-electron chi connectivity index (χ1n) is 6.20. The average Bonchev–Trinajstić information content (AvgIpc) is 2.44. The van der Waals surface area contributed by atoms with Crippen LogP contribution in [-0.4, -0.2) is 11.2 Å². The second-order valence-electron chi connectivity index (χ2n) is 4.37. The van der Waals surface area contributed by atoms with Crippen molar-refractivity contribution in [1.82, 2.24) is 4.57 Å². The third-order valence-corrected chi connectivity index (χ3v) is 2.98. The van der Waals surface area contributed by atoms with E-state index in [-0.39, 0.29) is 11.1 Å². The lowest BCUT2D eigenvalue weighted by atomic mass is 10.2. The zero-order valence-electron chi connectivity index (χ0n) is 11.2. The molecule has 0 amide bonds. The molecule has 0 unspecified atom stereocenters. The molecule has 5 nitrogen and oxygen atoms in total. The average molecular weight is 269 g/mol. The van der Waals surface area contributed by atoms with Crippen LogP contribution in [0, 0.1) is 18.3 Å². The van der Waals surface area contributed by atoms with E-state index in [9.17, 15) is 4.79 Å². The highest BCUT2D eigenvalue weighted by Gasteiger charge is 2.05. The summed E-state index contributed by atoms with van der Waals surface area (Å²) < 4.78 is 7.09. The summed E-state index contributed by atoms with van der Waals surface area (Å²) in [5, 5.41) is 8.86. The Bertz CT molecular complexity index is 697. The van der Waals surface area contributed by atoms with Crippen molar-refractivity contribution in [3.8, 4) is 11.8 Å². The molecule has 1 heterocycles. The van der Waals surface area contributed by atoms with E-state index in [0.717, 1.165) is 5.69 Å². The van der Waals surface area contributed by atoms with Crippen LogP contribution in [0.2, 0.25) is 0 Å². The van der Waals surface area contributed by atoms with E-state index >= 15 is 0 Å². The predicted molar refractivity (Wildman–Crippen MR) is 76.5 cm³/mol. The van der Waals surface area contributed by atoms with Crippen molar-refractivity contribution in [2.75, 3.05) is 12.3 Å². The normalized spacial score (nSPS) is 10.0. The van der Waals surface area contributed by atoms with E-state index in [1.807, 2.05) is 13.0 Å². The molecule has 2 N–H and O–H groups in total. The first-order valence-corrected chi connectivity index (χ1v) is 6.20. The predicted octanol–water partition coefficient (Wildman–Crippen LogP) is 1.69. The van der Waals surface area contributed by atoms with Gasteiger partial charge in [-0.15, -0.1) is 0 Å². The standard InChI is InChI=1S/C15H15N3O2/c1-11-2-3-12(10-16)15(19)18(11)8-9-20-14-6-4-13(17)5-7-14/h2-7H,8-9,17H2,1H3. The number of nitriles is 1. The van der Waals surface area contributed by atoms with Gasteiger partial charge in [0.1, 0.15) is 24.0 Å². The number of aryl methyl sites for hydroxylation is 1. The van der Waals surface area contributed by atoms with Gasteiger partial charge in [-0.3, -0.25) is 4.79 Å². The van der Waals surface area contributed by atoms with Gasteiger partial charge in [-0.2, -0.15) is 5.26 Å². The maximum atomic E-state index is 12.0. The van der Waals surface area contributed by atoms with Crippen LogP contribution in [0.25, 0.3) is 0 Å². The number of benzene rings is 1. The molecule has 0 saturated carbocycles. The third-order valence-electron chi connectivity index (χ3n) is 2.98. The molecule has 2 rings (SSSR count). The number of ether oxygens (including phenoxy) is 1. The van der Waals surface area contributed by atoms with Crippen LogP contribution < -0.4 is 16.0 Å². The zero-order chi connectivity index (χ0) is 14.5. The second kappa shape index (κ2) is 5.93. The Morgan fingerprint density at radius 1 is 1.25 bits per heavy atom. The summed E-state index contributed by atoms with van der Waals surface area (Å²) in [7, 11) is 0. The third kappa shape index (κ3) is 2.98. The summed E-state index contributed by atoms with van der Waals surface area (Å²) in [6, 6.07) is 12.2. The molecule has 102 valence electrons. The highest BCUT2D eigenvalue weighted by Crippen LogP contribution is 2.13. The minimum atomic E-state index is -0.284. The smallest absolute Gasteiger partial charge is 0.268 e. The van der Waals surface area contributed by atoms with Crippen molar-refractivity contribution >= 4 is 5.69 Å². The van der Waals surface area contributed by atoms with Gasteiger partial charge < -0.3 is 15.0 Å². The van der Waals surface area contributed by atoms with Gasteiger partial charge in [0.2, 0.25) is 0 Å². The number of anilines is 1. The minimum absolute atomic E-state index is 0.142. The SMILES string of the molecule is Cc1ccc(C#N)c(=O)n1CCOc1ccc(N)cc1. The zero-order valence-corrected chi connectivity index (χ0v) is 11.2. The van der Waals surface area contributed by atoms with Gasteiger partial charge in [-0.05, 0) is 43.3 Å². The highest BCUT2D eigenvalue weighted by atomic mass is 16.5. The Morgan fingerprint density at radius 3 is 2.60 bits per heavy atom. The maximum Gasteiger partial charge on any atom is 0.268 e. The summed E-state index contributed by atoms with van der Waals surface area (Å²) in [4.78, 5) is 12.0. The van der Waals surface area contributed by atoms with Crippen molar-refractivity contribution in [2.45, 2.75) is 13.5 Å². The van der Waals surface area contributed by atoms with Gasteiger partial charge in [-0.25, -0.2) is 0 Å². The number of nitrogens with two attached hydrogens (primary N) is 1. The molecule has 20 heavy (non-hydrogen) atoms. The fourth-order valence-electron chi connectivity index (χ4n) is 1.85. The molecule has 1 aromatic heterocycles. The molecule has 0 atom stereocenters. The van der Waals surface area contributed by atoms with Crippen LogP contribution >= 0.6 is 0 Å². The molecule has 0 aliphatic rings. The van der Waals surface area contributed by atoms with Crippen LogP contribution in [0.5, 0.6) is 5.75 Å². The Hall–Kier alpha value is -2.74. The number of rotatable bonds is 4. The molecule has 0 radical (unpaired) electrons. The van der Waals surface area contributed by atoms with Crippen LogP contribution in [-0.2, 0) is 6.54 Å².